The maximum absolute atomic E-state index is 13.1. The molecule has 3 aromatic rings. The Balaban J connectivity index is 1.42. The molecule has 11 nitrogen and oxygen atoms in total. The quantitative estimate of drug-likeness (QED) is 0.450. The summed E-state index contributed by atoms with van der Waals surface area (Å²) in [6.45, 7) is 0.495. The highest BCUT2D eigenvalue weighted by atomic mass is 32.2. The molecule has 2 atom stereocenters. The molecule has 12 heteroatoms. The minimum atomic E-state index is -3.95. The molecule has 1 aliphatic rings. The summed E-state index contributed by atoms with van der Waals surface area (Å²) < 4.78 is 28.3. The number of hydrogen-bond donors (Lipinski definition) is 2. The Bertz CT molecular complexity index is 1180. The van der Waals surface area contributed by atoms with Crippen LogP contribution in [0.4, 0.5) is 5.82 Å². The van der Waals surface area contributed by atoms with Crippen LogP contribution in [0.5, 0.6) is 0 Å². The Hall–Kier alpha value is -3.22. The van der Waals surface area contributed by atoms with Gasteiger partial charge in [-0.15, -0.1) is 0 Å². The molecule has 4 rings (SSSR count). The van der Waals surface area contributed by atoms with Crippen molar-refractivity contribution in [3.05, 3.63) is 66.1 Å². The van der Waals surface area contributed by atoms with Crippen LogP contribution >= 0.6 is 0 Å². The highest BCUT2D eigenvalue weighted by Crippen LogP contribution is 2.29. The molecule has 32 heavy (non-hydrogen) atoms. The van der Waals surface area contributed by atoms with E-state index >= 15 is 0 Å². The fraction of sp³-hybridized carbons (Fsp3) is 0.350. The summed E-state index contributed by atoms with van der Waals surface area (Å²) >= 11 is 0. The molecule has 3 N–H and O–H groups in total. The van der Waals surface area contributed by atoms with Crippen molar-refractivity contribution in [1.29, 1.82) is 0 Å². The van der Waals surface area contributed by atoms with Gasteiger partial charge < -0.3 is 5.32 Å². The van der Waals surface area contributed by atoms with E-state index in [4.69, 9.17) is 9.32 Å². The SMILES string of the molecule is NS(=O)(=O)OC[C@@H]1CC[C@H](Nc2ncncc2C(=O)c2ccn(Cc3ccccn3)n2)C1. The minimum absolute atomic E-state index is 0.0206. The monoisotopic (exact) mass is 457 g/mol. The van der Waals surface area contributed by atoms with Gasteiger partial charge in [0.2, 0.25) is 5.78 Å². The Morgan fingerprint density at radius 2 is 2.12 bits per heavy atom. The van der Waals surface area contributed by atoms with Gasteiger partial charge in [-0.05, 0) is 43.4 Å². The standard InChI is InChI=1S/C20H23N7O4S/c21-32(29,30)31-12-14-4-5-15(9-14)25-20-17(10-22-13-24-20)19(28)18-6-8-27(26-18)11-16-3-1-2-7-23-16/h1-3,6-8,10,13-15H,4-5,9,11-12H2,(H2,21,29,30)(H,22,24,25)/t14-,15+/m1/s1. The number of aromatic nitrogens is 5. The van der Waals surface area contributed by atoms with Gasteiger partial charge in [-0.2, -0.15) is 13.5 Å². The lowest BCUT2D eigenvalue weighted by molar-refractivity contribution is 0.103. The Kier molecular flexibility index (Phi) is 6.53. The smallest absolute Gasteiger partial charge is 0.333 e. The van der Waals surface area contributed by atoms with E-state index in [-0.39, 0.29) is 30.0 Å². The van der Waals surface area contributed by atoms with Crippen LogP contribution in [-0.4, -0.2) is 51.6 Å². The molecule has 0 amide bonds. The number of carbonyl (C=O) groups is 1. The van der Waals surface area contributed by atoms with E-state index in [1.165, 1.54) is 12.5 Å². The van der Waals surface area contributed by atoms with Gasteiger partial charge in [0.15, 0.2) is 0 Å². The second-order valence-corrected chi connectivity index (χ2v) is 8.85. The van der Waals surface area contributed by atoms with Gasteiger partial charge in [0.05, 0.1) is 24.4 Å². The summed E-state index contributed by atoms with van der Waals surface area (Å²) in [6.07, 6.45) is 8.51. The van der Waals surface area contributed by atoms with Gasteiger partial charge in [-0.3, -0.25) is 18.6 Å². The van der Waals surface area contributed by atoms with Crippen molar-refractivity contribution in [2.75, 3.05) is 11.9 Å². The summed E-state index contributed by atoms with van der Waals surface area (Å²) in [6, 6.07) is 7.29. The third-order valence-electron chi connectivity index (χ3n) is 5.23. The van der Waals surface area contributed by atoms with E-state index in [1.807, 2.05) is 18.2 Å². The predicted octanol–water partition coefficient (Wildman–Crippen LogP) is 1.15. The summed E-state index contributed by atoms with van der Waals surface area (Å²) in [5, 5.41) is 12.5. The van der Waals surface area contributed by atoms with Crippen LogP contribution in [0, 0.1) is 5.92 Å². The molecule has 0 spiro atoms. The van der Waals surface area contributed by atoms with Gasteiger partial charge >= 0.3 is 10.3 Å². The van der Waals surface area contributed by atoms with Crippen LogP contribution in [0.1, 0.15) is 41.0 Å². The number of ketones is 1. The molecule has 0 aliphatic heterocycles. The number of nitrogens with zero attached hydrogens (tertiary/aromatic N) is 5. The number of hydrogen-bond acceptors (Lipinski definition) is 9. The van der Waals surface area contributed by atoms with E-state index in [9.17, 15) is 13.2 Å². The fourth-order valence-electron chi connectivity index (χ4n) is 3.72. The van der Waals surface area contributed by atoms with Crippen LogP contribution in [0.25, 0.3) is 0 Å². The summed E-state index contributed by atoms with van der Waals surface area (Å²) in [5.74, 6) is 0.177. The molecule has 168 valence electrons. The first-order valence-electron chi connectivity index (χ1n) is 10.1. The second-order valence-electron chi connectivity index (χ2n) is 7.63. The predicted molar refractivity (Wildman–Crippen MR) is 115 cm³/mol. The zero-order valence-corrected chi connectivity index (χ0v) is 18.0. The highest BCUT2D eigenvalue weighted by Gasteiger charge is 2.28. The first-order chi connectivity index (χ1) is 15.4. The minimum Gasteiger partial charge on any atom is -0.367 e. The summed E-state index contributed by atoms with van der Waals surface area (Å²) in [4.78, 5) is 25.6. The van der Waals surface area contributed by atoms with Crippen molar-refractivity contribution >= 4 is 21.9 Å². The largest absolute Gasteiger partial charge is 0.367 e. The van der Waals surface area contributed by atoms with Crippen molar-refractivity contribution < 1.29 is 17.4 Å². The molecule has 3 heterocycles. The molecule has 0 saturated heterocycles. The normalized spacial score (nSPS) is 18.5. The maximum Gasteiger partial charge on any atom is 0.333 e. The first kappa shape index (κ1) is 22.0. The van der Waals surface area contributed by atoms with Crippen molar-refractivity contribution in [3.63, 3.8) is 0 Å². The molecule has 0 aromatic carbocycles. The third kappa shape index (κ3) is 5.72. The molecule has 0 bridgehead atoms. The van der Waals surface area contributed by atoms with Crippen molar-refractivity contribution in [2.45, 2.75) is 31.8 Å². The average Bonchev–Trinajstić information content (AvgIpc) is 3.42. The zero-order chi connectivity index (χ0) is 22.6. The fourth-order valence-corrected chi connectivity index (χ4v) is 4.10. The third-order valence-corrected chi connectivity index (χ3v) is 5.70. The molecule has 1 fully saturated rings. The molecular formula is C20H23N7O4S. The lowest BCUT2D eigenvalue weighted by Gasteiger charge is -2.15. The Labute approximate surface area is 185 Å². The summed E-state index contributed by atoms with van der Waals surface area (Å²) in [7, 11) is -3.95. The lowest BCUT2D eigenvalue weighted by Crippen LogP contribution is -2.22. The van der Waals surface area contributed by atoms with Gasteiger partial charge in [-0.1, -0.05) is 6.07 Å². The van der Waals surface area contributed by atoms with E-state index in [0.29, 0.717) is 24.3 Å². The van der Waals surface area contributed by atoms with Crippen LogP contribution in [0.3, 0.4) is 0 Å². The molecule has 3 aromatic heterocycles. The van der Waals surface area contributed by atoms with Crippen LogP contribution in [-0.2, 0) is 21.0 Å². The second kappa shape index (κ2) is 9.51. The van der Waals surface area contributed by atoms with Crippen LogP contribution in [0.2, 0.25) is 0 Å². The highest BCUT2D eigenvalue weighted by molar-refractivity contribution is 7.84. The molecule has 0 unspecified atom stereocenters. The van der Waals surface area contributed by atoms with Gasteiger partial charge in [0.1, 0.15) is 17.8 Å². The van der Waals surface area contributed by atoms with Crippen LogP contribution < -0.4 is 10.5 Å². The first-order valence-corrected chi connectivity index (χ1v) is 11.6. The number of nitrogens with two attached hydrogens (primary N) is 1. The lowest BCUT2D eigenvalue weighted by atomic mass is 10.1. The van der Waals surface area contributed by atoms with Gasteiger partial charge in [0, 0.05) is 24.6 Å². The van der Waals surface area contributed by atoms with Crippen molar-refractivity contribution in [1.82, 2.24) is 24.7 Å². The number of pyridine rings is 1. The summed E-state index contributed by atoms with van der Waals surface area (Å²) in [5.41, 5.74) is 1.44. The Morgan fingerprint density at radius 1 is 1.25 bits per heavy atom. The van der Waals surface area contributed by atoms with E-state index in [1.54, 1.807) is 23.1 Å². The van der Waals surface area contributed by atoms with E-state index in [2.05, 4.69) is 25.4 Å². The zero-order valence-electron chi connectivity index (χ0n) is 17.2. The number of anilines is 1. The molecule has 0 radical (unpaired) electrons. The number of carbonyl (C=O) groups excluding carboxylic acids is 1. The Morgan fingerprint density at radius 3 is 2.91 bits per heavy atom. The van der Waals surface area contributed by atoms with E-state index < -0.39 is 10.3 Å². The topological polar surface area (TPSA) is 155 Å². The molecule has 1 aliphatic carbocycles. The van der Waals surface area contributed by atoms with Gasteiger partial charge in [-0.25, -0.2) is 15.1 Å². The molecular weight excluding hydrogens is 434 g/mol. The van der Waals surface area contributed by atoms with Crippen molar-refractivity contribution in [3.8, 4) is 0 Å². The maximum atomic E-state index is 13.1. The van der Waals surface area contributed by atoms with Crippen molar-refractivity contribution in [2.24, 2.45) is 11.1 Å². The van der Waals surface area contributed by atoms with Crippen LogP contribution in [0.15, 0.2) is 49.2 Å². The van der Waals surface area contributed by atoms with Gasteiger partial charge in [0.25, 0.3) is 0 Å². The number of rotatable bonds is 9. The molecule has 1 saturated carbocycles. The number of nitrogens with one attached hydrogen (secondary N) is 1. The van der Waals surface area contributed by atoms with E-state index in [0.717, 1.165) is 18.5 Å². The average molecular weight is 458 g/mol.